The molecule has 0 aliphatic rings. The van der Waals surface area contributed by atoms with Crippen LogP contribution in [0.2, 0.25) is 0 Å². The zero-order valence-electron chi connectivity index (χ0n) is 14.3. The lowest BCUT2D eigenvalue weighted by molar-refractivity contribution is -0.137. The zero-order chi connectivity index (χ0) is 17.9. The minimum Gasteiger partial charge on any atom is -0.385 e. The van der Waals surface area contributed by atoms with Gasteiger partial charge in [0.05, 0.1) is 16.6 Å². The van der Waals surface area contributed by atoms with Gasteiger partial charge in [-0.1, -0.05) is 13.8 Å². The number of rotatable bonds is 7. The van der Waals surface area contributed by atoms with Crippen molar-refractivity contribution in [3.8, 4) is 0 Å². The molecular formula is C17H24F3N3O. The number of aliphatic hydroxyl groups is 1. The summed E-state index contributed by atoms with van der Waals surface area (Å²) in [5.74, 6) is 0.406. The molecule has 0 aliphatic heterocycles. The number of alkyl halides is 3. The van der Waals surface area contributed by atoms with Crippen molar-refractivity contribution in [3.63, 3.8) is 0 Å². The molecule has 1 aromatic carbocycles. The van der Waals surface area contributed by atoms with Crippen LogP contribution in [0.5, 0.6) is 0 Å². The lowest BCUT2D eigenvalue weighted by Crippen LogP contribution is -2.25. The Bertz CT molecular complexity index is 676. The molecule has 0 aliphatic carbocycles. The van der Waals surface area contributed by atoms with Crippen LogP contribution in [0.25, 0.3) is 11.0 Å². The number of aliphatic hydroxyl groups excluding tert-OH is 1. The predicted molar refractivity (Wildman–Crippen MR) is 87.8 cm³/mol. The van der Waals surface area contributed by atoms with E-state index in [1.54, 1.807) is 6.92 Å². The summed E-state index contributed by atoms with van der Waals surface area (Å²) >= 11 is 0. The largest absolute Gasteiger partial charge is 0.416 e. The third kappa shape index (κ3) is 4.08. The number of fused-ring (bicyclic) bond motifs is 1. The molecule has 1 heterocycles. The molecule has 2 rings (SSSR count). The molecule has 4 nitrogen and oxygen atoms in total. The molecule has 0 bridgehead atoms. The fourth-order valence-corrected chi connectivity index (χ4v) is 2.87. The van der Waals surface area contributed by atoms with E-state index in [-0.39, 0.29) is 5.52 Å². The maximum Gasteiger partial charge on any atom is 0.416 e. The van der Waals surface area contributed by atoms with Gasteiger partial charge in [0.1, 0.15) is 11.9 Å². The topological polar surface area (TPSA) is 41.3 Å². The van der Waals surface area contributed by atoms with Crippen molar-refractivity contribution in [1.29, 1.82) is 0 Å². The summed E-state index contributed by atoms with van der Waals surface area (Å²) in [5.41, 5.74) is 0.168. The number of imidazole rings is 1. The smallest absolute Gasteiger partial charge is 0.385 e. The van der Waals surface area contributed by atoms with Crippen LogP contribution in [0.3, 0.4) is 0 Å². The van der Waals surface area contributed by atoms with E-state index in [1.165, 1.54) is 6.07 Å². The Hall–Kier alpha value is -1.60. The van der Waals surface area contributed by atoms with Crippen molar-refractivity contribution >= 4 is 11.0 Å². The second-order valence-corrected chi connectivity index (χ2v) is 5.88. The number of hydrogen-bond acceptors (Lipinski definition) is 3. The van der Waals surface area contributed by atoms with Crippen molar-refractivity contribution in [2.24, 2.45) is 0 Å². The summed E-state index contributed by atoms with van der Waals surface area (Å²) in [5, 5.41) is 9.92. The van der Waals surface area contributed by atoms with Crippen LogP contribution in [-0.2, 0) is 12.7 Å². The fourth-order valence-electron chi connectivity index (χ4n) is 2.87. The van der Waals surface area contributed by atoms with E-state index in [1.807, 2.05) is 4.57 Å². The van der Waals surface area contributed by atoms with Crippen molar-refractivity contribution in [1.82, 2.24) is 14.5 Å². The Labute approximate surface area is 139 Å². The van der Waals surface area contributed by atoms with Gasteiger partial charge in [-0.2, -0.15) is 13.2 Å². The molecule has 0 fully saturated rings. The maximum absolute atomic E-state index is 12.9. The van der Waals surface area contributed by atoms with E-state index in [2.05, 4.69) is 23.7 Å². The molecule has 2 aromatic rings. The van der Waals surface area contributed by atoms with Gasteiger partial charge in [0, 0.05) is 6.54 Å². The van der Waals surface area contributed by atoms with Gasteiger partial charge in [-0.15, -0.1) is 0 Å². The fraction of sp³-hybridized carbons (Fsp3) is 0.588. The molecule has 0 saturated carbocycles. The monoisotopic (exact) mass is 343 g/mol. The van der Waals surface area contributed by atoms with Crippen LogP contribution < -0.4 is 0 Å². The predicted octanol–water partition coefficient (Wildman–Crippen LogP) is 3.84. The first-order valence-electron chi connectivity index (χ1n) is 8.25. The SMILES string of the molecule is CCN(CC)CCCn1c(C(C)O)nc2cc(C(F)(F)F)ccc21. The molecule has 0 amide bonds. The van der Waals surface area contributed by atoms with Crippen molar-refractivity contribution in [2.75, 3.05) is 19.6 Å². The Kier molecular flexibility index (Phi) is 5.87. The maximum atomic E-state index is 12.9. The Balaban J connectivity index is 2.31. The molecule has 0 saturated heterocycles. The molecular weight excluding hydrogens is 319 g/mol. The van der Waals surface area contributed by atoms with Crippen molar-refractivity contribution < 1.29 is 18.3 Å². The minimum atomic E-state index is -4.40. The van der Waals surface area contributed by atoms with Gasteiger partial charge in [-0.3, -0.25) is 0 Å². The second-order valence-electron chi connectivity index (χ2n) is 5.88. The summed E-state index contributed by atoms with van der Waals surface area (Å²) < 4.78 is 40.4. The Morgan fingerprint density at radius 2 is 1.92 bits per heavy atom. The van der Waals surface area contributed by atoms with Crippen LogP contribution in [0, 0.1) is 0 Å². The molecule has 1 unspecified atom stereocenters. The number of aryl methyl sites for hydroxylation is 1. The first kappa shape index (κ1) is 18.7. The zero-order valence-corrected chi connectivity index (χ0v) is 14.3. The van der Waals surface area contributed by atoms with Gasteiger partial charge >= 0.3 is 6.18 Å². The first-order valence-corrected chi connectivity index (χ1v) is 8.25. The van der Waals surface area contributed by atoms with Gasteiger partial charge < -0.3 is 14.6 Å². The molecule has 7 heteroatoms. The lowest BCUT2D eigenvalue weighted by atomic mass is 10.2. The third-order valence-electron chi connectivity index (χ3n) is 4.23. The highest BCUT2D eigenvalue weighted by Gasteiger charge is 2.31. The van der Waals surface area contributed by atoms with E-state index in [4.69, 9.17) is 0 Å². The van der Waals surface area contributed by atoms with Crippen LogP contribution >= 0.6 is 0 Å². The average molecular weight is 343 g/mol. The number of aromatic nitrogens is 2. The molecule has 0 spiro atoms. The van der Waals surface area contributed by atoms with Crippen LogP contribution in [-0.4, -0.2) is 39.2 Å². The normalized spacial score (nSPS) is 13.8. The van der Waals surface area contributed by atoms with E-state index >= 15 is 0 Å². The summed E-state index contributed by atoms with van der Waals surface area (Å²) in [4.78, 5) is 6.50. The second kappa shape index (κ2) is 7.53. The molecule has 1 N–H and O–H groups in total. The summed E-state index contributed by atoms with van der Waals surface area (Å²) in [6, 6.07) is 3.55. The number of halogens is 3. The van der Waals surface area contributed by atoms with Crippen LogP contribution in [0.15, 0.2) is 18.2 Å². The highest BCUT2D eigenvalue weighted by atomic mass is 19.4. The van der Waals surface area contributed by atoms with Gasteiger partial charge in [0.25, 0.3) is 0 Å². The lowest BCUT2D eigenvalue weighted by Gasteiger charge is -2.18. The quantitative estimate of drug-likeness (QED) is 0.830. The van der Waals surface area contributed by atoms with Crippen molar-refractivity contribution in [2.45, 2.75) is 46.0 Å². The molecule has 24 heavy (non-hydrogen) atoms. The number of hydrogen-bond donors (Lipinski definition) is 1. The average Bonchev–Trinajstić information content (AvgIpc) is 2.89. The molecule has 1 aromatic heterocycles. The third-order valence-corrected chi connectivity index (χ3v) is 4.23. The van der Waals surface area contributed by atoms with Gasteiger partial charge in [-0.05, 0) is 51.2 Å². The molecule has 1 atom stereocenters. The van der Waals surface area contributed by atoms with Crippen LogP contribution in [0.1, 0.15) is 44.7 Å². The van der Waals surface area contributed by atoms with Crippen molar-refractivity contribution in [3.05, 3.63) is 29.6 Å². The Morgan fingerprint density at radius 3 is 2.46 bits per heavy atom. The van der Waals surface area contributed by atoms with E-state index < -0.39 is 17.8 Å². The summed E-state index contributed by atoms with van der Waals surface area (Å²) in [6.07, 6.45) is -4.39. The number of benzene rings is 1. The highest BCUT2D eigenvalue weighted by Crippen LogP contribution is 2.32. The summed E-state index contributed by atoms with van der Waals surface area (Å²) in [7, 11) is 0. The minimum absolute atomic E-state index is 0.267. The number of nitrogens with zero attached hydrogens (tertiary/aromatic N) is 3. The Morgan fingerprint density at radius 1 is 1.25 bits per heavy atom. The highest BCUT2D eigenvalue weighted by molar-refractivity contribution is 5.77. The van der Waals surface area contributed by atoms with E-state index in [9.17, 15) is 18.3 Å². The summed E-state index contributed by atoms with van der Waals surface area (Å²) in [6.45, 7) is 9.18. The van der Waals surface area contributed by atoms with Gasteiger partial charge in [-0.25, -0.2) is 4.98 Å². The van der Waals surface area contributed by atoms with Crippen LogP contribution in [0.4, 0.5) is 13.2 Å². The van der Waals surface area contributed by atoms with Gasteiger partial charge in [0.15, 0.2) is 0 Å². The van der Waals surface area contributed by atoms with E-state index in [0.717, 1.165) is 38.2 Å². The van der Waals surface area contributed by atoms with E-state index in [0.29, 0.717) is 17.9 Å². The first-order chi connectivity index (χ1) is 11.3. The molecule has 0 radical (unpaired) electrons. The molecule has 134 valence electrons. The standard InChI is InChI=1S/C17H24F3N3O/c1-4-22(5-2)9-6-10-23-15-8-7-13(17(18,19)20)11-14(15)21-16(23)12(3)24/h7-8,11-12,24H,4-6,9-10H2,1-3H3. The van der Waals surface area contributed by atoms with Gasteiger partial charge in [0.2, 0.25) is 0 Å².